The molecule has 1 aliphatic rings. The standard InChI is InChI=1S/C16H19NO3/c1-2-11-3-4-14-12(8-16(19)20-15(14)7-11)9-17-6-5-13(18)10-17/h3-4,7-8,13,18H,2,5-6,9-10H2,1H3/t13-/m0/s1. The van der Waals surface area contributed by atoms with Gasteiger partial charge < -0.3 is 9.52 Å². The number of benzene rings is 1. The number of β-amino-alcohol motifs (C(OH)–C–C–N with tert-alkyl or cyclic N) is 1. The average molecular weight is 273 g/mol. The second-order valence-corrected chi connectivity index (χ2v) is 5.45. The molecule has 0 amide bonds. The topological polar surface area (TPSA) is 53.7 Å². The van der Waals surface area contributed by atoms with Crippen molar-refractivity contribution in [2.24, 2.45) is 0 Å². The number of aliphatic hydroxyl groups excluding tert-OH is 1. The van der Waals surface area contributed by atoms with Gasteiger partial charge in [-0.3, -0.25) is 4.90 Å². The van der Waals surface area contributed by atoms with Gasteiger partial charge in [0.25, 0.3) is 0 Å². The van der Waals surface area contributed by atoms with Crippen molar-refractivity contribution in [3.05, 3.63) is 45.8 Å². The predicted octanol–water partition coefficient (Wildman–Crippen LogP) is 1.92. The van der Waals surface area contributed by atoms with Crippen molar-refractivity contribution in [2.45, 2.75) is 32.4 Å². The molecule has 2 aromatic rings. The fourth-order valence-electron chi connectivity index (χ4n) is 2.82. The second kappa shape index (κ2) is 5.38. The minimum Gasteiger partial charge on any atom is -0.423 e. The van der Waals surface area contributed by atoms with Crippen LogP contribution in [0.4, 0.5) is 0 Å². The molecule has 106 valence electrons. The molecule has 3 rings (SSSR count). The number of rotatable bonds is 3. The van der Waals surface area contributed by atoms with Crippen molar-refractivity contribution in [1.29, 1.82) is 0 Å². The van der Waals surface area contributed by atoms with Gasteiger partial charge in [0.15, 0.2) is 0 Å². The lowest BCUT2D eigenvalue weighted by atomic mass is 10.1. The van der Waals surface area contributed by atoms with E-state index in [1.165, 1.54) is 0 Å². The minimum atomic E-state index is -0.305. The Kier molecular flexibility index (Phi) is 3.59. The number of aryl methyl sites for hydroxylation is 1. The van der Waals surface area contributed by atoms with Gasteiger partial charge in [-0.2, -0.15) is 0 Å². The highest BCUT2D eigenvalue weighted by atomic mass is 16.4. The van der Waals surface area contributed by atoms with Crippen LogP contribution in [-0.2, 0) is 13.0 Å². The molecule has 4 nitrogen and oxygen atoms in total. The molecule has 4 heteroatoms. The van der Waals surface area contributed by atoms with Crippen LogP contribution in [0.15, 0.2) is 33.5 Å². The molecule has 1 atom stereocenters. The summed E-state index contributed by atoms with van der Waals surface area (Å²) in [4.78, 5) is 13.9. The quantitative estimate of drug-likeness (QED) is 0.868. The molecule has 0 unspecified atom stereocenters. The zero-order valence-electron chi connectivity index (χ0n) is 11.6. The van der Waals surface area contributed by atoms with E-state index in [4.69, 9.17) is 4.42 Å². The first-order valence-corrected chi connectivity index (χ1v) is 7.12. The molecule has 0 bridgehead atoms. The fourth-order valence-corrected chi connectivity index (χ4v) is 2.82. The summed E-state index contributed by atoms with van der Waals surface area (Å²) in [6.45, 7) is 4.31. The molecule has 2 heterocycles. The lowest BCUT2D eigenvalue weighted by molar-refractivity contribution is 0.175. The van der Waals surface area contributed by atoms with Crippen molar-refractivity contribution >= 4 is 11.0 Å². The first kappa shape index (κ1) is 13.3. The summed E-state index contributed by atoms with van der Waals surface area (Å²) >= 11 is 0. The molecule has 1 aromatic heterocycles. The Hall–Kier alpha value is -1.65. The van der Waals surface area contributed by atoms with Crippen LogP contribution in [0.25, 0.3) is 11.0 Å². The van der Waals surface area contributed by atoms with Crippen LogP contribution in [0.2, 0.25) is 0 Å². The van der Waals surface area contributed by atoms with E-state index in [2.05, 4.69) is 17.9 Å². The minimum absolute atomic E-state index is 0.243. The van der Waals surface area contributed by atoms with Crippen molar-refractivity contribution in [3.8, 4) is 0 Å². The van der Waals surface area contributed by atoms with Crippen LogP contribution in [0, 0.1) is 0 Å². The van der Waals surface area contributed by atoms with E-state index in [1.807, 2.05) is 12.1 Å². The monoisotopic (exact) mass is 273 g/mol. The molecule has 0 aliphatic carbocycles. The first-order chi connectivity index (χ1) is 9.65. The van der Waals surface area contributed by atoms with Crippen molar-refractivity contribution in [3.63, 3.8) is 0 Å². The van der Waals surface area contributed by atoms with Gasteiger partial charge in [0.2, 0.25) is 0 Å². The van der Waals surface area contributed by atoms with E-state index in [0.29, 0.717) is 18.7 Å². The third-order valence-electron chi connectivity index (χ3n) is 3.94. The van der Waals surface area contributed by atoms with Crippen molar-refractivity contribution in [2.75, 3.05) is 13.1 Å². The summed E-state index contributed by atoms with van der Waals surface area (Å²) in [6.07, 6.45) is 1.48. The molecule has 1 aliphatic heterocycles. The summed E-state index contributed by atoms with van der Waals surface area (Å²) in [5.74, 6) is 0. The smallest absolute Gasteiger partial charge is 0.336 e. The Labute approximate surface area is 117 Å². The Morgan fingerprint density at radius 1 is 1.40 bits per heavy atom. The number of fused-ring (bicyclic) bond motifs is 1. The third-order valence-corrected chi connectivity index (χ3v) is 3.94. The lowest BCUT2D eigenvalue weighted by Crippen LogP contribution is -2.22. The molecular weight excluding hydrogens is 254 g/mol. The molecule has 0 saturated carbocycles. The number of likely N-dealkylation sites (tertiary alicyclic amines) is 1. The van der Waals surface area contributed by atoms with E-state index in [9.17, 15) is 9.90 Å². The van der Waals surface area contributed by atoms with E-state index in [1.54, 1.807) is 6.07 Å². The normalized spacial score (nSPS) is 19.8. The summed E-state index contributed by atoms with van der Waals surface area (Å²) in [7, 11) is 0. The van der Waals surface area contributed by atoms with Crippen LogP contribution in [-0.4, -0.2) is 29.2 Å². The zero-order chi connectivity index (χ0) is 14.1. The Morgan fingerprint density at radius 3 is 2.95 bits per heavy atom. The van der Waals surface area contributed by atoms with E-state index >= 15 is 0 Å². The number of hydrogen-bond donors (Lipinski definition) is 1. The van der Waals surface area contributed by atoms with Crippen LogP contribution >= 0.6 is 0 Å². The highest BCUT2D eigenvalue weighted by molar-refractivity contribution is 5.80. The molecule has 1 fully saturated rings. The molecule has 1 N–H and O–H groups in total. The van der Waals surface area contributed by atoms with Gasteiger partial charge in [-0.05, 0) is 30.0 Å². The summed E-state index contributed by atoms with van der Waals surface area (Å²) in [5, 5.41) is 10.6. The molecule has 1 saturated heterocycles. The maximum atomic E-state index is 11.7. The maximum Gasteiger partial charge on any atom is 0.336 e. The first-order valence-electron chi connectivity index (χ1n) is 7.12. The summed E-state index contributed by atoms with van der Waals surface area (Å²) in [6, 6.07) is 7.61. The Bertz CT molecular complexity index is 677. The molecule has 1 aromatic carbocycles. The highest BCUT2D eigenvalue weighted by Crippen LogP contribution is 2.22. The molecule has 20 heavy (non-hydrogen) atoms. The number of nitrogens with zero attached hydrogens (tertiary/aromatic N) is 1. The van der Waals surface area contributed by atoms with Crippen molar-refractivity contribution in [1.82, 2.24) is 4.90 Å². The fraction of sp³-hybridized carbons (Fsp3) is 0.438. The van der Waals surface area contributed by atoms with Gasteiger partial charge in [0.1, 0.15) is 5.58 Å². The van der Waals surface area contributed by atoms with Crippen LogP contribution in [0.3, 0.4) is 0 Å². The SMILES string of the molecule is CCc1ccc2c(CN3CC[C@H](O)C3)cc(=O)oc2c1. The van der Waals surface area contributed by atoms with Crippen molar-refractivity contribution < 1.29 is 9.52 Å². The zero-order valence-corrected chi connectivity index (χ0v) is 11.6. The maximum absolute atomic E-state index is 11.7. The van der Waals surface area contributed by atoms with Crippen LogP contribution in [0.1, 0.15) is 24.5 Å². The molecule has 0 radical (unpaired) electrons. The predicted molar refractivity (Wildman–Crippen MR) is 77.8 cm³/mol. The van der Waals surface area contributed by atoms with Gasteiger partial charge in [-0.25, -0.2) is 4.79 Å². The third kappa shape index (κ3) is 2.62. The van der Waals surface area contributed by atoms with Gasteiger partial charge in [0.05, 0.1) is 6.10 Å². The lowest BCUT2D eigenvalue weighted by Gasteiger charge is -2.16. The van der Waals surface area contributed by atoms with Crippen LogP contribution < -0.4 is 5.63 Å². The average Bonchev–Trinajstić information content (AvgIpc) is 2.83. The van der Waals surface area contributed by atoms with Gasteiger partial charge >= 0.3 is 5.63 Å². The summed E-state index contributed by atoms with van der Waals surface area (Å²) in [5.41, 5.74) is 2.49. The summed E-state index contributed by atoms with van der Waals surface area (Å²) < 4.78 is 5.31. The van der Waals surface area contributed by atoms with Gasteiger partial charge in [-0.1, -0.05) is 19.1 Å². The Balaban J connectivity index is 1.99. The van der Waals surface area contributed by atoms with Gasteiger partial charge in [-0.15, -0.1) is 0 Å². The van der Waals surface area contributed by atoms with Crippen LogP contribution in [0.5, 0.6) is 0 Å². The number of aliphatic hydroxyl groups is 1. The number of hydrogen-bond acceptors (Lipinski definition) is 4. The Morgan fingerprint density at radius 2 is 2.25 bits per heavy atom. The van der Waals surface area contributed by atoms with Gasteiger partial charge in [0, 0.05) is 31.1 Å². The molecule has 0 spiro atoms. The highest BCUT2D eigenvalue weighted by Gasteiger charge is 2.21. The van der Waals surface area contributed by atoms with E-state index in [-0.39, 0.29) is 11.7 Å². The van der Waals surface area contributed by atoms with E-state index in [0.717, 1.165) is 35.9 Å². The molecular formula is C16H19NO3. The largest absolute Gasteiger partial charge is 0.423 e. The van der Waals surface area contributed by atoms with E-state index < -0.39 is 0 Å². The second-order valence-electron chi connectivity index (χ2n) is 5.45.